The summed E-state index contributed by atoms with van der Waals surface area (Å²) in [6.45, 7) is 4.99. The molecule has 1 N–H and O–H groups in total. The third-order valence-corrected chi connectivity index (χ3v) is 3.12. The largest absolute Gasteiger partial charge is 0.333 e. The smallest absolute Gasteiger partial charge is 0.0991 e. The summed E-state index contributed by atoms with van der Waals surface area (Å²) in [5.74, 6) is 0. The Bertz CT molecular complexity index is 563. The Balaban J connectivity index is 1.87. The van der Waals surface area contributed by atoms with Gasteiger partial charge >= 0.3 is 0 Å². The second-order valence-electron chi connectivity index (χ2n) is 4.85. The van der Waals surface area contributed by atoms with Gasteiger partial charge in [0.15, 0.2) is 0 Å². The monoisotopic (exact) mass is 268 g/mol. The van der Waals surface area contributed by atoms with Crippen molar-refractivity contribution in [1.82, 2.24) is 14.9 Å². The zero-order chi connectivity index (χ0) is 14.2. The summed E-state index contributed by atoms with van der Waals surface area (Å²) in [5.41, 5.74) is 2.99. The molecule has 1 aromatic carbocycles. The van der Waals surface area contributed by atoms with E-state index in [1.54, 1.807) is 0 Å². The zero-order valence-electron chi connectivity index (χ0n) is 11.8. The van der Waals surface area contributed by atoms with E-state index in [4.69, 9.17) is 5.26 Å². The molecular formula is C16H20N4. The Labute approximate surface area is 120 Å². The van der Waals surface area contributed by atoms with Gasteiger partial charge in [-0.15, -0.1) is 0 Å². The quantitative estimate of drug-likeness (QED) is 0.784. The molecule has 0 aliphatic carbocycles. The van der Waals surface area contributed by atoms with Gasteiger partial charge < -0.3 is 9.88 Å². The topological polar surface area (TPSA) is 53.6 Å². The van der Waals surface area contributed by atoms with Crippen LogP contribution in [-0.2, 0) is 13.0 Å². The minimum atomic E-state index is 0.696. The number of nitrogens with zero attached hydrogens (tertiary/aromatic N) is 3. The van der Waals surface area contributed by atoms with E-state index in [1.807, 2.05) is 30.6 Å². The molecule has 0 aliphatic rings. The van der Waals surface area contributed by atoms with Gasteiger partial charge in [0.1, 0.15) is 0 Å². The lowest BCUT2D eigenvalue weighted by molar-refractivity contribution is 0.666. The highest BCUT2D eigenvalue weighted by atomic mass is 15.0. The lowest BCUT2D eigenvalue weighted by Crippen LogP contribution is -2.17. The van der Waals surface area contributed by atoms with Crippen LogP contribution in [-0.4, -0.2) is 22.6 Å². The van der Waals surface area contributed by atoms with E-state index in [0.717, 1.165) is 38.2 Å². The summed E-state index contributed by atoms with van der Waals surface area (Å²) in [6, 6.07) is 9.80. The third kappa shape index (κ3) is 4.22. The molecule has 0 spiro atoms. The standard InChI is InChI=1S/C16H20N4/c1-2-8-18-9-7-16-12-20(13-19-16)11-15-5-3-14(10-17)4-6-15/h3-6,12-13,18H,2,7-9,11H2,1H3. The van der Waals surface area contributed by atoms with Crippen LogP contribution in [0, 0.1) is 11.3 Å². The minimum absolute atomic E-state index is 0.696. The molecule has 1 aromatic heterocycles. The lowest BCUT2D eigenvalue weighted by atomic mass is 10.1. The van der Waals surface area contributed by atoms with Gasteiger partial charge in [-0.3, -0.25) is 0 Å². The Morgan fingerprint density at radius 3 is 2.75 bits per heavy atom. The predicted molar refractivity (Wildman–Crippen MR) is 79.4 cm³/mol. The molecule has 0 radical (unpaired) electrons. The number of rotatable bonds is 7. The molecule has 0 amide bonds. The molecule has 4 heteroatoms. The molecule has 0 unspecified atom stereocenters. The molecular weight excluding hydrogens is 248 g/mol. The SMILES string of the molecule is CCCNCCc1cn(Cc2ccc(C#N)cc2)cn1. The van der Waals surface area contributed by atoms with E-state index < -0.39 is 0 Å². The summed E-state index contributed by atoms with van der Waals surface area (Å²) in [4.78, 5) is 4.41. The second-order valence-corrected chi connectivity index (χ2v) is 4.85. The summed E-state index contributed by atoms with van der Waals surface area (Å²) >= 11 is 0. The fourth-order valence-electron chi connectivity index (χ4n) is 2.04. The van der Waals surface area contributed by atoms with E-state index in [0.29, 0.717) is 5.56 Å². The molecule has 0 atom stereocenters. The number of nitrogens with one attached hydrogen (secondary N) is 1. The highest BCUT2D eigenvalue weighted by molar-refractivity contribution is 5.31. The molecule has 1 heterocycles. The van der Waals surface area contributed by atoms with Gasteiger partial charge in [-0.05, 0) is 30.7 Å². The fourth-order valence-corrected chi connectivity index (χ4v) is 2.04. The number of nitriles is 1. The highest BCUT2D eigenvalue weighted by Crippen LogP contribution is 2.06. The molecule has 0 bridgehead atoms. The summed E-state index contributed by atoms with van der Waals surface area (Å²) in [5, 5.41) is 12.1. The average Bonchev–Trinajstić information content (AvgIpc) is 2.92. The Morgan fingerprint density at radius 2 is 2.05 bits per heavy atom. The molecule has 104 valence electrons. The minimum Gasteiger partial charge on any atom is -0.333 e. The first-order valence-corrected chi connectivity index (χ1v) is 7.02. The van der Waals surface area contributed by atoms with Crippen molar-refractivity contribution in [2.75, 3.05) is 13.1 Å². The Morgan fingerprint density at radius 1 is 1.25 bits per heavy atom. The maximum absolute atomic E-state index is 8.77. The molecule has 2 rings (SSSR count). The van der Waals surface area contributed by atoms with Gasteiger partial charge in [0.2, 0.25) is 0 Å². The van der Waals surface area contributed by atoms with E-state index in [2.05, 4.69) is 34.1 Å². The van der Waals surface area contributed by atoms with Gasteiger partial charge in [0.25, 0.3) is 0 Å². The highest BCUT2D eigenvalue weighted by Gasteiger charge is 2.00. The second kappa shape index (κ2) is 7.46. The summed E-state index contributed by atoms with van der Waals surface area (Å²) in [7, 11) is 0. The van der Waals surface area contributed by atoms with Crippen LogP contribution in [0.25, 0.3) is 0 Å². The van der Waals surface area contributed by atoms with Crippen LogP contribution in [0.1, 0.15) is 30.2 Å². The van der Waals surface area contributed by atoms with Crippen LogP contribution in [0.5, 0.6) is 0 Å². The average molecular weight is 268 g/mol. The van der Waals surface area contributed by atoms with Crippen LogP contribution < -0.4 is 5.32 Å². The fraction of sp³-hybridized carbons (Fsp3) is 0.375. The van der Waals surface area contributed by atoms with Gasteiger partial charge in [-0.1, -0.05) is 19.1 Å². The maximum atomic E-state index is 8.77. The van der Waals surface area contributed by atoms with Gasteiger partial charge in [-0.2, -0.15) is 5.26 Å². The summed E-state index contributed by atoms with van der Waals surface area (Å²) < 4.78 is 2.08. The molecule has 0 fully saturated rings. The number of benzene rings is 1. The van der Waals surface area contributed by atoms with Crippen molar-refractivity contribution in [3.05, 3.63) is 53.6 Å². The molecule has 0 aliphatic heterocycles. The maximum Gasteiger partial charge on any atom is 0.0991 e. The van der Waals surface area contributed by atoms with Crippen molar-refractivity contribution in [2.24, 2.45) is 0 Å². The first-order chi connectivity index (χ1) is 9.81. The van der Waals surface area contributed by atoms with Crippen LogP contribution in [0.2, 0.25) is 0 Å². The van der Waals surface area contributed by atoms with Crippen molar-refractivity contribution in [2.45, 2.75) is 26.3 Å². The van der Waals surface area contributed by atoms with E-state index >= 15 is 0 Å². The van der Waals surface area contributed by atoms with Crippen molar-refractivity contribution in [3.8, 4) is 6.07 Å². The number of aromatic nitrogens is 2. The van der Waals surface area contributed by atoms with Gasteiger partial charge in [0.05, 0.1) is 23.7 Å². The first kappa shape index (κ1) is 14.3. The molecule has 20 heavy (non-hydrogen) atoms. The lowest BCUT2D eigenvalue weighted by Gasteiger charge is -2.02. The van der Waals surface area contributed by atoms with Crippen LogP contribution >= 0.6 is 0 Å². The predicted octanol–water partition coefficient (Wildman–Crippen LogP) is 2.35. The number of hydrogen-bond acceptors (Lipinski definition) is 3. The molecule has 0 saturated heterocycles. The van der Waals surface area contributed by atoms with Crippen molar-refractivity contribution >= 4 is 0 Å². The number of hydrogen-bond donors (Lipinski definition) is 1. The normalized spacial score (nSPS) is 10.4. The van der Waals surface area contributed by atoms with E-state index in [-0.39, 0.29) is 0 Å². The van der Waals surface area contributed by atoms with Crippen LogP contribution in [0.3, 0.4) is 0 Å². The first-order valence-electron chi connectivity index (χ1n) is 7.02. The van der Waals surface area contributed by atoms with Crippen molar-refractivity contribution in [1.29, 1.82) is 5.26 Å². The Kier molecular flexibility index (Phi) is 5.33. The van der Waals surface area contributed by atoms with Crippen molar-refractivity contribution < 1.29 is 0 Å². The van der Waals surface area contributed by atoms with Crippen LogP contribution in [0.15, 0.2) is 36.8 Å². The molecule has 0 saturated carbocycles. The van der Waals surface area contributed by atoms with Crippen LogP contribution in [0.4, 0.5) is 0 Å². The third-order valence-electron chi connectivity index (χ3n) is 3.12. The Hall–Kier alpha value is -2.12. The molecule has 4 nitrogen and oxygen atoms in total. The van der Waals surface area contributed by atoms with E-state index in [9.17, 15) is 0 Å². The molecule has 2 aromatic rings. The van der Waals surface area contributed by atoms with Gasteiger partial charge in [0, 0.05) is 25.7 Å². The van der Waals surface area contributed by atoms with Gasteiger partial charge in [-0.25, -0.2) is 4.98 Å². The number of imidazole rings is 1. The summed E-state index contributed by atoms with van der Waals surface area (Å²) in [6.07, 6.45) is 6.08. The zero-order valence-corrected chi connectivity index (χ0v) is 11.8. The van der Waals surface area contributed by atoms with Crippen molar-refractivity contribution in [3.63, 3.8) is 0 Å². The van der Waals surface area contributed by atoms with E-state index in [1.165, 1.54) is 5.56 Å².